The number of piperazine rings is 1. The summed E-state index contributed by atoms with van der Waals surface area (Å²) < 4.78 is 0. The molecule has 1 aliphatic carbocycles. The first-order chi connectivity index (χ1) is 7.22. The van der Waals surface area contributed by atoms with Crippen LogP contribution < -0.4 is 5.32 Å². The van der Waals surface area contributed by atoms with Crippen molar-refractivity contribution in [1.82, 2.24) is 15.1 Å². The lowest BCUT2D eigenvalue weighted by Crippen LogP contribution is -2.55. The molecule has 1 atom stereocenters. The van der Waals surface area contributed by atoms with Gasteiger partial charge in [-0.1, -0.05) is 0 Å². The van der Waals surface area contributed by atoms with Crippen LogP contribution in [-0.4, -0.2) is 61.0 Å². The van der Waals surface area contributed by atoms with Gasteiger partial charge in [-0.2, -0.15) is 0 Å². The van der Waals surface area contributed by atoms with Gasteiger partial charge in [-0.05, 0) is 26.8 Å². The van der Waals surface area contributed by atoms with Crippen molar-refractivity contribution in [3.05, 3.63) is 0 Å². The highest BCUT2D eigenvalue weighted by Gasteiger charge is 2.36. The van der Waals surface area contributed by atoms with Gasteiger partial charge in [0.1, 0.15) is 0 Å². The van der Waals surface area contributed by atoms with E-state index in [0.717, 1.165) is 19.6 Å². The van der Waals surface area contributed by atoms with Crippen LogP contribution in [0.5, 0.6) is 0 Å². The minimum atomic E-state index is 0.326. The van der Waals surface area contributed by atoms with E-state index in [1.807, 2.05) is 7.05 Å². The number of nitrogens with one attached hydrogen (secondary N) is 1. The maximum absolute atomic E-state index is 11.9. The summed E-state index contributed by atoms with van der Waals surface area (Å²) in [6.45, 7) is 5.70. The van der Waals surface area contributed by atoms with Gasteiger partial charge in [-0.3, -0.25) is 9.69 Å². The molecule has 1 heterocycles. The zero-order chi connectivity index (χ0) is 10.8. The van der Waals surface area contributed by atoms with E-state index in [4.69, 9.17) is 0 Å². The third-order valence-corrected chi connectivity index (χ3v) is 3.40. The van der Waals surface area contributed by atoms with E-state index in [-0.39, 0.29) is 0 Å². The van der Waals surface area contributed by atoms with Crippen molar-refractivity contribution in [1.29, 1.82) is 0 Å². The zero-order valence-electron chi connectivity index (χ0n) is 9.70. The Bertz CT molecular complexity index is 240. The smallest absolute Gasteiger partial charge is 0.237 e. The van der Waals surface area contributed by atoms with Gasteiger partial charge in [0.05, 0.1) is 6.54 Å². The Hall–Kier alpha value is -0.610. The minimum absolute atomic E-state index is 0.326. The summed E-state index contributed by atoms with van der Waals surface area (Å²) in [6, 6.07) is 1.04. The van der Waals surface area contributed by atoms with E-state index in [1.165, 1.54) is 12.8 Å². The number of rotatable bonds is 4. The van der Waals surface area contributed by atoms with Crippen molar-refractivity contribution in [2.75, 3.05) is 33.2 Å². The largest absolute Gasteiger partial charge is 0.337 e. The van der Waals surface area contributed by atoms with Gasteiger partial charge in [0.15, 0.2) is 0 Å². The Morgan fingerprint density at radius 1 is 1.47 bits per heavy atom. The molecule has 2 fully saturated rings. The lowest BCUT2D eigenvalue weighted by Gasteiger charge is -2.37. The molecule has 1 N–H and O–H groups in total. The van der Waals surface area contributed by atoms with Crippen molar-refractivity contribution < 1.29 is 4.79 Å². The predicted molar refractivity (Wildman–Crippen MR) is 59.7 cm³/mol. The molecule has 0 aromatic rings. The molecular formula is C11H21N3O. The van der Waals surface area contributed by atoms with E-state index in [9.17, 15) is 4.79 Å². The van der Waals surface area contributed by atoms with Crippen LogP contribution in [-0.2, 0) is 4.79 Å². The lowest BCUT2D eigenvalue weighted by molar-refractivity contribution is -0.137. The van der Waals surface area contributed by atoms with Crippen LogP contribution in [0.2, 0.25) is 0 Å². The van der Waals surface area contributed by atoms with E-state index < -0.39 is 0 Å². The molecule has 15 heavy (non-hydrogen) atoms. The third kappa shape index (κ3) is 2.49. The van der Waals surface area contributed by atoms with Gasteiger partial charge < -0.3 is 10.2 Å². The molecule has 1 unspecified atom stereocenters. The van der Waals surface area contributed by atoms with Gasteiger partial charge in [0.2, 0.25) is 5.91 Å². The fourth-order valence-electron chi connectivity index (χ4n) is 2.28. The molecule has 0 aromatic carbocycles. The molecule has 4 heteroatoms. The molecule has 4 nitrogen and oxygen atoms in total. The third-order valence-electron chi connectivity index (χ3n) is 3.40. The second-order valence-corrected chi connectivity index (χ2v) is 4.70. The Kier molecular flexibility index (Phi) is 3.26. The molecule has 0 aromatic heterocycles. The van der Waals surface area contributed by atoms with E-state index >= 15 is 0 Å². The van der Waals surface area contributed by atoms with Crippen molar-refractivity contribution in [2.24, 2.45) is 0 Å². The van der Waals surface area contributed by atoms with E-state index in [0.29, 0.717) is 24.5 Å². The Morgan fingerprint density at radius 2 is 2.20 bits per heavy atom. The van der Waals surface area contributed by atoms with E-state index in [1.54, 1.807) is 0 Å². The second kappa shape index (κ2) is 4.49. The summed E-state index contributed by atoms with van der Waals surface area (Å²) in [7, 11) is 1.96. The number of hydrogen-bond acceptors (Lipinski definition) is 3. The Morgan fingerprint density at radius 3 is 2.73 bits per heavy atom. The average molecular weight is 211 g/mol. The maximum atomic E-state index is 11.9. The van der Waals surface area contributed by atoms with Gasteiger partial charge >= 0.3 is 0 Å². The molecule has 1 saturated carbocycles. The number of amides is 1. The van der Waals surface area contributed by atoms with Crippen LogP contribution in [0, 0.1) is 0 Å². The second-order valence-electron chi connectivity index (χ2n) is 4.70. The van der Waals surface area contributed by atoms with Crippen LogP contribution in [0.25, 0.3) is 0 Å². The average Bonchev–Trinajstić information content (AvgIpc) is 3.01. The molecule has 1 aliphatic heterocycles. The lowest BCUT2D eigenvalue weighted by atomic mass is 10.2. The summed E-state index contributed by atoms with van der Waals surface area (Å²) in [5, 5.41) is 3.16. The van der Waals surface area contributed by atoms with Crippen LogP contribution in [0.3, 0.4) is 0 Å². The summed E-state index contributed by atoms with van der Waals surface area (Å²) in [5.74, 6) is 0.326. The van der Waals surface area contributed by atoms with Gasteiger partial charge in [0, 0.05) is 31.7 Å². The first-order valence-corrected chi connectivity index (χ1v) is 5.90. The summed E-state index contributed by atoms with van der Waals surface area (Å²) in [4.78, 5) is 16.2. The summed E-state index contributed by atoms with van der Waals surface area (Å²) in [5.41, 5.74) is 0. The topological polar surface area (TPSA) is 35.6 Å². The fraction of sp³-hybridized carbons (Fsp3) is 0.909. The molecule has 2 rings (SSSR count). The standard InChI is InChI=1S/C11H21N3O/c1-9(7-12-2)13-5-6-14(10-3-4-10)11(15)8-13/h9-10,12H,3-8H2,1-2H3. The number of likely N-dealkylation sites (N-methyl/N-ethyl adjacent to an activating group) is 1. The van der Waals surface area contributed by atoms with E-state index in [2.05, 4.69) is 22.0 Å². The molecule has 1 amide bonds. The Labute approximate surface area is 91.6 Å². The summed E-state index contributed by atoms with van der Waals surface area (Å²) >= 11 is 0. The monoisotopic (exact) mass is 211 g/mol. The normalized spacial score (nSPS) is 25.7. The number of hydrogen-bond donors (Lipinski definition) is 1. The predicted octanol–water partition coefficient (Wildman–Crippen LogP) is -0.0991. The first kappa shape index (κ1) is 10.9. The Balaban J connectivity index is 1.84. The molecule has 2 aliphatic rings. The molecule has 0 bridgehead atoms. The highest BCUT2D eigenvalue weighted by atomic mass is 16.2. The van der Waals surface area contributed by atoms with Crippen LogP contribution >= 0.6 is 0 Å². The van der Waals surface area contributed by atoms with Crippen molar-refractivity contribution in [3.63, 3.8) is 0 Å². The number of carbonyl (C=O) groups excluding carboxylic acids is 1. The highest BCUT2D eigenvalue weighted by molar-refractivity contribution is 5.79. The quantitative estimate of drug-likeness (QED) is 0.705. The fourth-order valence-corrected chi connectivity index (χ4v) is 2.28. The van der Waals surface area contributed by atoms with Crippen molar-refractivity contribution in [2.45, 2.75) is 31.8 Å². The van der Waals surface area contributed by atoms with Crippen LogP contribution in [0.4, 0.5) is 0 Å². The van der Waals surface area contributed by atoms with Gasteiger partial charge in [0.25, 0.3) is 0 Å². The van der Waals surface area contributed by atoms with Crippen LogP contribution in [0.1, 0.15) is 19.8 Å². The minimum Gasteiger partial charge on any atom is -0.337 e. The molecule has 1 saturated heterocycles. The SMILES string of the molecule is CNCC(C)N1CCN(C2CC2)C(=O)C1. The molecule has 0 spiro atoms. The maximum Gasteiger partial charge on any atom is 0.237 e. The van der Waals surface area contributed by atoms with Crippen molar-refractivity contribution >= 4 is 5.91 Å². The van der Waals surface area contributed by atoms with Crippen LogP contribution in [0.15, 0.2) is 0 Å². The zero-order valence-corrected chi connectivity index (χ0v) is 9.70. The molecular weight excluding hydrogens is 190 g/mol. The van der Waals surface area contributed by atoms with Gasteiger partial charge in [-0.25, -0.2) is 0 Å². The molecule has 0 radical (unpaired) electrons. The van der Waals surface area contributed by atoms with Crippen molar-refractivity contribution in [3.8, 4) is 0 Å². The number of nitrogens with zero attached hydrogens (tertiary/aromatic N) is 2. The highest BCUT2D eigenvalue weighted by Crippen LogP contribution is 2.28. The van der Waals surface area contributed by atoms with Gasteiger partial charge in [-0.15, -0.1) is 0 Å². The first-order valence-electron chi connectivity index (χ1n) is 5.90. The molecule has 86 valence electrons. The summed E-state index contributed by atoms with van der Waals surface area (Å²) in [6.07, 6.45) is 2.44. The number of carbonyl (C=O) groups is 1.